The fourth-order valence-electron chi connectivity index (χ4n) is 2.77. The van der Waals surface area contributed by atoms with Crippen molar-refractivity contribution >= 4 is 5.91 Å². The van der Waals surface area contributed by atoms with Gasteiger partial charge in [0, 0.05) is 25.2 Å². The van der Waals surface area contributed by atoms with Crippen LogP contribution in [0.5, 0.6) is 0 Å². The van der Waals surface area contributed by atoms with Gasteiger partial charge in [0.25, 0.3) is 0 Å². The van der Waals surface area contributed by atoms with Gasteiger partial charge < -0.3 is 10.6 Å². The zero-order chi connectivity index (χ0) is 13.8. The molecular weight excluding hydrogens is 238 g/mol. The van der Waals surface area contributed by atoms with Crippen LogP contribution in [-0.4, -0.2) is 48.6 Å². The third-order valence-electron chi connectivity index (χ3n) is 4.07. The van der Waals surface area contributed by atoms with E-state index in [4.69, 9.17) is 0 Å². The molecular formula is C15H29N3O. The average Bonchev–Trinajstić information content (AvgIpc) is 3.01. The van der Waals surface area contributed by atoms with Gasteiger partial charge in [-0.2, -0.15) is 0 Å². The van der Waals surface area contributed by atoms with E-state index >= 15 is 0 Å². The highest BCUT2D eigenvalue weighted by molar-refractivity contribution is 5.81. The van der Waals surface area contributed by atoms with Crippen molar-refractivity contribution in [2.24, 2.45) is 5.92 Å². The molecule has 2 unspecified atom stereocenters. The van der Waals surface area contributed by atoms with Crippen LogP contribution in [0.4, 0.5) is 0 Å². The first-order chi connectivity index (χ1) is 9.06. The van der Waals surface area contributed by atoms with E-state index in [2.05, 4.69) is 36.3 Å². The standard InChI is InChI=1S/C15H29N3O/c1-11(2)9-18(10-14-5-4-8-16-14)12(3)15(19)17-13-6-7-13/h11-14,16H,4-10H2,1-3H3,(H,17,19). The van der Waals surface area contributed by atoms with Crippen LogP contribution in [0, 0.1) is 5.92 Å². The zero-order valence-corrected chi connectivity index (χ0v) is 12.6. The molecule has 0 aromatic carbocycles. The van der Waals surface area contributed by atoms with Crippen LogP contribution >= 0.6 is 0 Å². The average molecular weight is 267 g/mol. The Morgan fingerprint density at radius 1 is 1.32 bits per heavy atom. The van der Waals surface area contributed by atoms with E-state index in [1.165, 1.54) is 12.8 Å². The summed E-state index contributed by atoms with van der Waals surface area (Å²) in [5.74, 6) is 0.804. The van der Waals surface area contributed by atoms with Crippen molar-refractivity contribution in [2.45, 2.75) is 64.6 Å². The van der Waals surface area contributed by atoms with Gasteiger partial charge >= 0.3 is 0 Å². The normalized spacial score (nSPS) is 25.0. The second-order valence-electron chi connectivity index (χ2n) is 6.60. The summed E-state index contributed by atoms with van der Waals surface area (Å²) in [5.41, 5.74) is 0. The third kappa shape index (κ3) is 4.77. The molecule has 0 bridgehead atoms. The van der Waals surface area contributed by atoms with E-state index in [0.717, 1.165) is 32.5 Å². The molecule has 1 aliphatic carbocycles. The van der Waals surface area contributed by atoms with Crippen molar-refractivity contribution in [2.75, 3.05) is 19.6 Å². The Hall–Kier alpha value is -0.610. The second-order valence-corrected chi connectivity index (χ2v) is 6.60. The molecule has 1 saturated heterocycles. The lowest BCUT2D eigenvalue weighted by molar-refractivity contribution is -0.126. The fourth-order valence-corrected chi connectivity index (χ4v) is 2.77. The number of hydrogen-bond donors (Lipinski definition) is 2. The number of rotatable bonds is 7. The van der Waals surface area contributed by atoms with Crippen LogP contribution in [0.1, 0.15) is 46.5 Å². The maximum Gasteiger partial charge on any atom is 0.237 e. The zero-order valence-electron chi connectivity index (χ0n) is 12.6. The second kappa shape index (κ2) is 6.71. The van der Waals surface area contributed by atoms with E-state index in [0.29, 0.717) is 18.0 Å². The number of carbonyl (C=O) groups excluding carboxylic acids is 1. The van der Waals surface area contributed by atoms with Gasteiger partial charge in [0.2, 0.25) is 5.91 Å². The Labute approximate surface area is 117 Å². The highest BCUT2D eigenvalue weighted by Crippen LogP contribution is 2.19. The van der Waals surface area contributed by atoms with Gasteiger partial charge in [0.1, 0.15) is 0 Å². The SMILES string of the molecule is CC(C)CN(CC1CCCN1)C(C)C(=O)NC1CC1. The smallest absolute Gasteiger partial charge is 0.237 e. The van der Waals surface area contributed by atoms with Crippen LogP contribution in [0.25, 0.3) is 0 Å². The minimum atomic E-state index is -0.00889. The molecule has 1 saturated carbocycles. The fraction of sp³-hybridized carbons (Fsp3) is 0.933. The van der Waals surface area contributed by atoms with Crippen molar-refractivity contribution in [3.63, 3.8) is 0 Å². The molecule has 1 heterocycles. The van der Waals surface area contributed by atoms with Gasteiger partial charge in [-0.1, -0.05) is 13.8 Å². The van der Waals surface area contributed by atoms with Gasteiger partial charge in [-0.15, -0.1) is 0 Å². The molecule has 2 aliphatic rings. The molecule has 19 heavy (non-hydrogen) atoms. The molecule has 0 spiro atoms. The van der Waals surface area contributed by atoms with Crippen molar-refractivity contribution in [1.29, 1.82) is 0 Å². The Bertz CT molecular complexity index is 296. The van der Waals surface area contributed by atoms with E-state index in [1.54, 1.807) is 0 Å². The predicted octanol–water partition coefficient (Wildman–Crippen LogP) is 1.36. The molecule has 4 heteroatoms. The van der Waals surface area contributed by atoms with E-state index < -0.39 is 0 Å². The van der Waals surface area contributed by atoms with Crippen molar-refractivity contribution in [1.82, 2.24) is 15.5 Å². The van der Waals surface area contributed by atoms with E-state index in [-0.39, 0.29) is 11.9 Å². The van der Waals surface area contributed by atoms with Crippen LogP contribution in [-0.2, 0) is 4.79 Å². The summed E-state index contributed by atoms with van der Waals surface area (Å²) in [4.78, 5) is 14.6. The van der Waals surface area contributed by atoms with E-state index in [9.17, 15) is 4.79 Å². The molecule has 0 aromatic rings. The predicted molar refractivity (Wildman–Crippen MR) is 78.1 cm³/mol. The minimum absolute atomic E-state index is 0.00889. The molecule has 4 nitrogen and oxygen atoms in total. The quantitative estimate of drug-likeness (QED) is 0.732. The third-order valence-corrected chi connectivity index (χ3v) is 4.07. The summed E-state index contributed by atoms with van der Waals surface area (Å²) in [6.45, 7) is 9.62. The van der Waals surface area contributed by atoms with Gasteiger partial charge in [0.15, 0.2) is 0 Å². The Morgan fingerprint density at radius 3 is 2.58 bits per heavy atom. The molecule has 2 atom stereocenters. The van der Waals surface area contributed by atoms with Crippen LogP contribution < -0.4 is 10.6 Å². The molecule has 2 rings (SSSR count). The first kappa shape index (κ1) is 14.8. The Balaban J connectivity index is 1.87. The van der Waals surface area contributed by atoms with Gasteiger partial charge in [-0.25, -0.2) is 0 Å². The molecule has 2 fully saturated rings. The number of nitrogens with one attached hydrogen (secondary N) is 2. The number of carbonyl (C=O) groups is 1. The summed E-state index contributed by atoms with van der Waals surface area (Å²) in [6.07, 6.45) is 4.83. The molecule has 0 aromatic heterocycles. The molecule has 0 radical (unpaired) electrons. The first-order valence-corrected chi connectivity index (χ1v) is 7.84. The minimum Gasteiger partial charge on any atom is -0.352 e. The van der Waals surface area contributed by atoms with Crippen LogP contribution in [0.2, 0.25) is 0 Å². The maximum atomic E-state index is 12.2. The van der Waals surface area contributed by atoms with Gasteiger partial charge in [-0.3, -0.25) is 9.69 Å². The van der Waals surface area contributed by atoms with Crippen molar-refractivity contribution < 1.29 is 4.79 Å². The number of hydrogen-bond acceptors (Lipinski definition) is 3. The van der Waals surface area contributed by atoms with Crippen molar-refractivity contribution in [3.05, 3.63) is 0 Å². The van der Waals surface area contributed by atoms with E-state index in [1.807, 2.05) is 0 Å². The summed E-state index contributed by atoms with van der Waals surface area (Å²) < 4.78 is 0. The lowest BCUT2D eigenvalue weighted by Crippen LogP contribution is -2.50. The summed E-state index contributed by atoms with van der Waals surface area (Å²) in [6, 6.07) is 1.01. The Kier molecular flexibility index (Phi) is 5.22. The topological polar surface area (TPSA) is 44.4 Å². The van der Waals surface area contributed by atoms with Gasteiger partial charge in [-0.05, 0) is 45.1 Å². The molecule has 1 amide bonds. The molecule has 110 valence electrons. The number of amides is 1. The monoisotopic (exact) mass is 267 g/mol. The molecule has 1 aliphatic heterocycles. The lowest BCUT2D eigenvalue weighted by Gasteiger charge is -2.32. The van der Waals surface area contributed by atoms with Gasteiger partial charge in [0.05, 0.1) is 6.04 Å². The number of nitrogens with zero attached hydrogens (tertiary/aromatic N) is 1. The summed E-state index contributed by atoms with van der Waals surface area (Å²) in [5, 5.41) is 6.67. The van der Waals surface area contributed by atoms with Crippen molar-refractivity contribution in [3.8, 4) is 0 Å². The maximum absolute atomic E-state index is 12.2. The van der Waals surface area contributed by atoms with Crippen LogP contribution in [0.15, 0.2) is 0 Å². The first-order valence-electron chi connectivity index (χ1n) is 7.84. The highest BCUT2D eigenvalue weighted by Gasteiger charge is 2.30. The molecule has 2 N–H and O–H groups in total. The van der Waals surface area contributed by atoms with Crippen LogP contribution in [0.3, 0.4) is 0 Å². The Morgan fingerprint density at radius 2 is 2.05 bits per heavy atom. The highest BCUT2D eigenvalue weighted by atomic mass is 16.2. The summed E-state index contributed by atoms with van der Waals surface area (Å²) >= 11 is 0. The largest absolute Gasteiger partial charge is 0.352 e. The summed E-state index contributed by atoms with van der Waals surface area (Å²) in [7, 11) is 0. The lowest BCUT2D eigenvalue weighted by atomic mass is 10.1.